The summed E-state index contributed by atoms with van der Waals surface area (Å²) in [5.74, 6) is 6.37. The van der Waals surface area contributed by atoms with Gasteiger partial charge in [0.1, 0.15) is 0 Å². The van der Waals surface area contributed by atoms with Gasteiger partial charge in [-0.05, 0) is 24.7 Å². The number of hydrogen-bond acceptors (Lipinski definition) is 1. The molecule has 2 rings (SSSR count). The van der Waals surface area contributed by atoms with Crippen LogP contribution in [0.15, 0.2) is 60.7 Å². The molecule has 0 aromatic heterocycles. The van der Waals surface area contributed by atoms with Crippen molar-refractivity contribution in [3.63, 3.8) is 0 Å². The van der Waals surface area contributed by atoms with E-state index in [2.05, 4.69) is 48.1 Å². The van der Waals surface area contributed by atoms with Crippen LogP contribution in [-0.4, -0.2) is 18.5 Å². The fourth-order valence-corrected chi connectivity index (χ4v) is 1.75. The maximum absolute atomic E-state index is 3.20. The first-order valence-electron chi connectivity index (χ1n) is 6.11. The zero-order valence-electron chi connectivity index (χ0n) is 10.6. The molecule has 0 aliphatic heterocycles. The quantitative estimate of drug-likeness (QED) is 0.739. The minimum Gasteiger partial charge on any atom is -0.291 e. The second kappa shape index (κ2) is 6.64. The minimum absolute atomic E-state index is 0.782. The molecular weight excluding hydrogens is 218 g/mol. The van der Waals surface area contributed by atoms with Crippen LogP contribution in [0.3, 0.4) is 0 Å². The molecule has 0 radical (unpaired) electrons. The van der Waals surface area contributed by atoms with Gasteiger partial charge < -0.3 is 0 Å². The van der Waals surface area contributed by atoms with Crippen LogP contribution in [0.5, 0.6) is 0 Å². The molecule has 0 fully saturated rings. The predicted molar refractivity (Wildman–Crippen MR) is 76.1 cm³/mol. The summed E-state index contributed by atoms with van der Waals surface area (Å²) in [5.41, 5.74) is 2.40. The van der Waals surface area contributed by atoms with Gasteiger partial charge >= 0.3 is 0 Å². The van der Waals surface area contributed by atoms with E-state index in [-0.39, 0.29) is 0 Å². The summed E-state index contributed by atoms with van der Waals surface area (Å²) in [6, 6.07) is 20.6. The van der Waals surface area contributed by atoms with Crippen LogP contribution in [0.1, 0.15) is 11.1 Å². The van der Waals surface area contributed by atoms with Crippen LogP contribution < -0.4 is 0 Å². The fourth-order valence-electron chi connectivity index (χ4n) is 1.75. The molecule has 0 unspecified atom stereocenters. The van der Waals surface area contributed by atoms with Gasteiger partial charge in [0.05, 0.1) is 6.54 Å². The third kappa shape index (κ3) is 4.08. The summed E-state index contributed by atoms with van der Waals surface area (Å²) in [7, 11) is 2.09. The number of hydrogen-bond donors (Lipinski definition) is 0. The van der Waals surface area contributed by atoms with Gasteiger partial charge in [-0.3, -0.25) is 4.90 Å². The lowest BCUT2D eigenvalue weighted by Gasteiger charge is -2.12. The molecule has 0 bridgehead atoms. The van der Waals surface area contributed by atoms with E-state index in [1.54, 1.807) is 0 Å². The van der Waals surface area contributed by atoms with Gasteiger partial charge in [-0.15, -0.1) is 0 Å². The Hall–Kier alpha value is -2.04. The highest BCUT2D eigenvalue weighted by atomic mass is 15.1. The Morgan fingerprint density at radius 1 is 0.889 bits per heavy atom. The molecule has 0 N–H and O–H groups in total. The fraction of sp³-hybridized carbons (Fsp3) is 0.176. The molecular formula is C17H17N. The largest absolute Gasteiger partial charge is 0.291 e. The van der Waals surface area contributed by atoms with Gasteiger partial charge in [-0.25, -0.2) is 0 Å². The summed E-state index contributed by atoms with van der Waals surface area (Å²) < 4.78 is 0. The molecule has 1 heteroatoms. The normalized spacial score (nSPS) is 9.89. The molecule has 0 aliphatic rings. The van der Waals surface area contributed by atoms with Crippen molar-refractivity contribution >= 4 is 0 Å². The molecule has 0 amide bonds. The standard InChI is InChI=1S/C17H17N/c1-18(15-17-11-6-3-7-12-17)14-8-13-16-9-4-2-5-10-16/h2-7,9-12H,14-15H2,1H3. The zero-order valence-corrected chi connectivity index (χ0v) is 10.6. The second-order valence-electron chi connectivity index (χ2n) is 4.33. The smallest absolute Gasteiger partial charge is 0.0605 e. The van der Waals surface area contributed by atoms with Gasteiger partial charge in [0.25, 0.3) is 0 Å². The van der Waals surface area contributed by atoms with Gasteiger partial charge in [-0.2, -0.15) is 0 Å². The minimum atomic E-state index is 0.782. The summed E-state index contributed by atoms with van der Waals surface area (Å²) in [4.78, 5) is 2.21. The molecule has 0 heterocycles. The van der Waals surface area contributed by atoms with Crippen LogP contribution in [0, 0.1) is 11.8 Å². The Morgan fingerprint density at radius 2 is 1.50 bits per heavy atom. The van der Waals surface area contributed by atoms with Crippen molar-refractivity contribution in [2.45, 2.75) is 6.54 Å². The molecule has 0 spiro atoms. The van der Waals surface area contributed by atoms with E-state index < -0.39 is 0 Å². The molecule has 1 nitrogen and oxygen atoms in total. The number of nitrogens with zero attached hydrogens (tertiary/aromatic N) is 1. The van der Waals surface area contributed by atoms with Crippen LogP contribution in [0.2, 0.25) is 0 Å². The number of benzene rings is 2. The molecule has 2 aromatic rings. The summed E-state index contributed by atoms with van der Waals surface area (Å²) in [6.07, 6.45) is 0. The highest BCUT2D eigenvalue weighted by Gasteiger charge is 1.96. The highest BCUT2D eigenvalue weighted by molar-refractivity contribution is 5.33. The molecule has 18 heavy (non-hydrogen) atoms. The first-order chi connectivity index (χ1) is 8.84. The van der Waals surface area contributed by atoms with E-state index in [4.69, 9.17) is 0 Å². The molecule has 0 saturated heterocycles. The lowest BCUT2D eigenvalue weighted by Crippen LogP contribution is -2.17. The van der Waals surface area contributed by atoms with Crippen molar-refractivity contribution in [2.75, 3.05) is 13.6 Å². The van der Waals surface area contributed by atoms with Crippen LogP contribution in [0.25, 0.3) is 0 Å². The number of rotatable bonds is 3. The SMILES string of the molecule is CN(CC#Cc1ccccc1)Cc1ccccc1. The maximum Gasteiger partial charge on any atom is 0.0605 e. The van der Waals surface area contributed by atoms with Crippen molar-refractivity contribution in [2.24, 2.45) is 0 Å². The first-order valence-corrected chi connectivity index (χ1v) is 6.11. The van der Waals surface area contributed by atoms with Crippen molar-refractivity contribution in [3.8, 4) is 11.8 Å². The molecule has 90 valence electrons. The lowest BCUT2D eigenvalue weighted by molar-refractivity contribution is 0.369. The maximum atomic E-state index is 3.20. The average Bonchev–Trinajstić information content (AvgIpc) is 2.41. The molecule has 2 aromatic carbocycles. The molecule has 0 aliphatic carbocycles. The topological polar surface area (TPSA) is 3.24 Å². The Balaban J connectivity index is 1.86. The predicted octanol–water partition coefficient (Wildman–Crippen LogP) is 3.17. The Labute approximate surface area is 109 Å². The average molecular weight is 235 g/mol. The Morgan fingerprint density at radius 3 is 2.17 bits per heavy atom. The summed E-state index contributed by atoms with van der Waals surface area (Å²) in [5, 5.41) is 0. The van der Waals surface area contributed by atoms with E-state index in [9.17, 15) is 0 Å². The summed E-state index contributed by atoms with van der Waals surface area (Å²) >= 11 is 0. The first kappa shape index (κ1) is 12.4. The van der Waals surface area contributed by atoms with E-state index >= 15 is 0 Å². The summed E-state index contributed by atoms with van der Waals surface area (Å²) in [6.45, 7) is 1.72. The van der Waals surface area contributed by atoms with E-state index in [1.165, 1.54) is 5.56 Å². The monoisotopic (exact) mass is 235 g/mol. The van der Waals surface area contributed by atoms with Gasteiger partial charge in [0.2, 0.25) is 0 Å². The van der Waals surface area contributed by atoms with Crippen LogP contribution in [-0.2, 0) is 6.54 Å². The van der Waals surface area contributed by atoms with Gasteiger partial charge in [0, 0.05) is 12.1 Å². The highest BCUT2D eigenvalue weighted by Crippen LogP contribution is 2.01. The Bertz CT molecular complexity index is 520. The Kier molecular flexibility index (Phi) is 4.58. The van der Waals surface area contributed by atoms with E-state index in [0.29, 0.717) is 0 Å². The molecule has 0 saturated carbocycles. The third-order valence-corrected chi connectivity index (χ3v) is 2.65. The zero-order chi connectivity index (χ0) is 12.6. The van der Waals surface area contributed by atoms with E-state index in [0.717, 1.165) is 18.7 Å². The third-order valence-electron chi connectivity index (χ3n) is 2.65. The van der Waals surface area contributed by atoms with Crippen molar-refractivity contribution in [1.82, 2.24) is 4.90 Å². The van der Waals surface area contributed by atoms with Gasteiger partial charge in [0.15, 0.2) is 0 Å². The van der Waals surface area contributed by atoms with Crippen LogP contribution in [0.4, 0.5) is 0 Å². The lowest BCUT2D eigenvalue weighted by atomic mass is 10.2. The van der Waals surface area contributed by atoms with Crippen LogP contribution >= 0.6 is 0 Å². The van der Waals surface area contributed by atoms with Crippen molar-refractivity contribution in [3.05, 3.63) is 71.8 Å². The van der Waals surface area contributed by atoms with Crippen molar-refractivity contribution in [1.29, 1.82) is 0 Å². The van der Waals surface area contributed by atoms with Gasteiger partial charge in [-0.1, -0.05) is 60.4 Å². The van der Waals surface area contributed by atoms with Crippen molar-refractivity contribution < 1.29 is 0 Å². The van der Waals surface area contributed by atoms with E-state index in [1.807, 2.05) is 36.4 Å². The molecule has 0 atom stereocenters. The second-order valence-corrected chi connectivity index (χ2v) is 4.33.